The van der Waals surface area contributed by atoms with Crippen LogP contribution in [0.5, 0.6) is 0 Å². The monoisotopic (exact) mass is 333 g/mol. The molecule has 2 aromatic rings. The van der Waals surface area contributed by atoms with Crippen LogP contribution in [0.1, 0.15) is 30.1 Å². The molecule has 1 aromatic heterocycles. The molecule has 2 heterocycles. The lowest BCUT2D eigenvalue weighted by atomic mass is 10.2. The van der Waals surface area contributed by atoms with Gasteiger partial charge in [0.15, 0.2) is 0 Å². The first-order chi connectivity index (χ1) is 11.6. The van der Waals surface area contributed by atoms with Crippen molar-refractivity contribution in [1.82, 2.24) is 14.0 Å². The zero-order valence-corrected chi connectivity index (χ0v) is 13.8. The summed E-state index contributed by atoms with van der Waals surface area (Å²) in [6.45, 7) is 4.71. The molecular weight excluding hydrogens is 310 g/mol. The van der Waals surface area contributed by atoms with Crippen molar-refractivity contribution in [3.05, 3.63) is 34.2 Å². The van der Waals surface area contributed by atoms with E-state index in [2.05, 4.69) is 11.8 Å². The number of likely N-dealkylation sites (tertiary alicyclic amines) is 1. The smallest absolute Gasteiger partial charge is 0.335 e. The molecule has 0 aliphatic carbocycles. The molecule has 3 rings (SSSR count). The van der Waals surface area contributed by atoms with E-state index in [0.717, 1.165) is 31.4 Å². The summed E-state index contributed by atoms with van der Waals surface area (Å²) in [6, 6.07) is 5.05. The number of benzene rings is 1. The highest BCUT2D eigenvalue weighted by Gasteiger charge is 2.25. The second kappa shape index (κ2) is 6.78. The molecule has 1 aliphatic heterocycles. The van der Waals surface area contributed by atoms with Gasteiger partial charge in [-0.25, -0.2) is 9.59 Å². The lowest BCUT2D eigenvalue weighted by molar-refractivity contribution is 0.0697. The fourth-order valence-electron chi connectivity index (χ4n) is 3.67. The molecule has 0 amide bonds. The van der Waals surface area contributed by atoms with Crippen LogP contribution in [0.3, 0.4) is 0 Å². The quantitative estimate of drug-likeness (QED) is 0.823. The van der Waals surface area contributed by atoms with Gasteiger partial charge in [-0.15, -0.1) is 0 Å². The van der Waals surface area contributed by atoms with E-state index in [-0.39, 0.29) is 24.4 Å². The molecule has 130 valence electrons. The van der Waals surface area contributed by atoms with E-state index < -0.39 is 5.97 Å². The van der Waals surface area contributed by atoms with E-state index in [9.17, 15) is 19.8 Å². The fourth-order valence-corrected chi connectivity index (χ4v) is 3.67. The molecule has 24 heavy (non-hydrogen) atoms. The average Bonchev–Trinajstić information content (AvgIpc) is 3.13. The third-order valence-corrected chi connectivity index (χ3v) is 4.89. The topological polar surface area (TPSA) is 87.7 Å². The van der Waals surface area contributed by atoms with Gasteiger partial charge in [-0.3, -0.25) is 14.0 Å². The van der Waals surface area contributed by atoms with Crippen LogP contribution in [-0.4, -0.2) is 56.0 Å². The number of aromatic carboxylic acids is 1. The predicted octanol–water partition coefficient (Wildman–Crippen LogP) is 0.978. The number of likely N-dealkylation sites (N-methyl/N-ethyl adjacent to an activating group) is 1. The first-order valence-electron chi connectivity index (χ1n) is 8.38. The summed E-state index contributed by atoms with van der Waals surface area (Å²) >= 11 is 0. The van der Waals surface area contributed by atoms with Crippen molar-refractivity contribution in [2.24, 2.45) is 0 Å². The summed E-state index contributed by atoms with van der Waals surface area (Å²) < 4.78 is 3.18. The molecule has 1 aliphatic rings. The van der Waals surface area contributed by atoms with Gasteiger partial charge >= 0.3 is 11.7 Å². The van der Waals surface area contributed by atoms with Gasteiger partial charge in [-0.1, -0.05) is 6.92 Å². The Morgan fingerprint density at radius 3 is 2.75 bits per heavy atom. The van der Waals surface area contributed by atoms with Crippen LogP contribution in [0.25, 0.3) is 11.0 Å². The third kappa shape index (κ3) is 2.85. The molecule has 1 unspecified atom stereocenters. The van der Waals surface area contributed by atoms with Gasteiger partial charge < -0.3 is 10.2 Å². The van der Waals surface area contributed by atoms with E-state index >= 15 is 0 Å². The molecule has 1 fully saturated rings. The van der Waals surface area contributed by atoms with Crippen LogP contribution >= 0.6 is 0 Å². The van der Waals surface area contributed by atoms with Crippen molar-refractivity contribution >= 4 is 17.0 Å². The number of fused-ring (bicyclic) bond motifs is 1. The lowest BCUT2D eigenvalue weighted by Crippen LogP contribution is -2.36. The number of carboxylic acid groups (broad SMARTS) is 1. The van der Waals surface area contributed by atoms with E-state index in [1.165, 1.54) is 16.7 Å². The van der Waals surface area contributed by atoms with Crippen molar-refractivity contribution in [3.8, 4) is 0 Å². The first kappa shape index (κ1) is 16.7. The molecule has 0 spiro atoms. The summed E-state index contributed by atoms with van der Waals surface area (Å²) in [5.41, 5.74) is 1.24. The Kier molecular flexibility index (Phi) is 4.73. The summed E-state index contributed by atoms with van der Waals surface area (Å²) in [4.78, 5) is 26.4. The zero-order valence-electron chi connectivity index (χ0n) is 13.8. The Hall–Kier alpha value is -2.12. The van der Waals surface area contributed by atoms with Gasteiger partial charge in [0.05, 0.1) is 29.7 Å². The largest absolute Gasteiger partial charge is 0.478 e. The second-order valence-electron chi connectivity index (χ2n) is 6.20. The molecule has 7 heteroatoms. The van der Waals surface area contributed by atoms with Crippen LogP contribution in [-0.2, 0) is 13.1 Å². The van der Waals surface area contributed by atoms with Gasteiger partial charge in [0.2, 0.25) is 0 Å². The maximum absolute atomic E-state index is 12.8. The van der Waals surface area contributed by atoms with Crippen molar-refractivity contribution in [2.45, 2.75) is 38.9 Å². The van der Waals surface area contributed by atoms with Crippen molar-refractivity contribution in [1.29, 1.82) is 0 Å². The Bertz CT molecular complexity index is 808. The number of imidazole rings is 1. The van der Waals surface area contributed by atoms with Crippen LogP contribution in [0.4, 0.5) is 0 Å². The summed E-state index contributed by atoms with van der Waals surface area (Å²) in [6.07, 6.45) is 2.19. The number of carbonyl (C=O) groups is 1. The van der Waals surface area contributed by atoms with Gasteiger partial charge in [-0.05, 0) is 44.1 Å². The molecule has 0 radical (unpaired) electrons. The van der Waals surface area contributed by atoms with E-state index in [1.807, 2.05) is 0 Å². The Morgan fingerprint density at radius 1 is 1.29 bits per heavy atom. The molecule has 0 saturated carbocycles. The number of carboxylic acids is 1. The van der Waals surface area contributed by atoms with Crippen molar-refractivity contribution < 1.29 is 15.0 Å². The Labute approximate surface area is 139 Å². The fraction of sp³-hybridized carbons (Fsp3) is 0.529. The molecule has 1 atom stereocenters. The second-order valence-corrected chi connectivity index (χ2v) is 6.20. The molecule has 1 aromatic carbocycles. The van der Waals surface area contributed by atoms with Crippen molar-refractivity contribution in [2.75, 3.05) is 19.7 Å². The third-order valence-electron chi connectivity index (χ3n) is 4.89. The minimum Gasteiger partial charge on any atom is -0.478 e. The number of aliphatic hydroxyl groups is 1. The molecular formula is C17H23N3O4. The SMILES string of the molecule is CCN1CCCC1Cn1c(=O)n(CCO)c2cc(C(=O)O)ccc21. The predicted molar refractivity (Wildman–Crippen MR) is 90.5 cm³/mol. The van der Waals surface area contributed by atoms with Crippen LogP contribution in [0.2, 0.25) is 0 Å². The number of aliphatic hydroxyl groups excluding tert-OH is 1. The van der Waals surface area contributed by atoms with Gasteiger partial charge in [0, 0.05) is 12.6 Å². The highest BCUT2D eigenvalue weighted by Crippen LogP contribution is 2.21. The van der Waals surface area contributed by atoms with Gasteiger partial charge in [-0.2, -0.15) is 0 Å². The summed E-state index contributed by atoms with van der Waals surface area (Å²) in [7, 11) is 0. The number of rotatable bonds is 6. The normalized spacial score (nSPS) is 18.5. The van der Waals surface area contributed by atoms with Crippen LogP contribution in [0.15, 0.2) is 23.0 Å². The Morgan fingerprint density at radius 2 is 2.08 bits per heavy atom. The number of hydrogen-bond donors (Lipinski definition) is 2. The highest BCUT2D eigenvalue weighted by molar-refractivity contribution is 5.92. The summed E-state index contributed by atoms with van der Waals surface area (Å²) in [5.74, 6) is -1.03. The Balaban J connectivity index is 2.08. The minimum absolute atomic E-state index is 0.141. The van der Waals surface area contributed by atoms with Gasteiger partial charge in [0.1, 0.15) is 0 Å². The summed E-state index contributed by atoms with van der Waals surface area (Å²) in [5, 5.41) is 18.4. The average molecular weight is 333 g/mol. The standard InChI is InChI=1S/C17H23N3O4/c1-2-18-7-3-4-13(18)11-20-14-6-5-12(16(22)23)10-15(14)19(8-9-21)17(20)24/h5-6,10,13,21H,2-4,7-9,11H2,1H3,(H,22,23). The highest BCUT2D eigenvalue weighted by atomic mass is 16.4. The van der Waals surface area contributed by atoms with E-state index in [1.54, 1.807) is 10.6 Å². The number of aromatic nitrogens is 2. The molecule has 0 bridgehead atoms. The zero-order chi connectivity index (χ0) is 17.3. The molecule has 1 saturated heterocycles. The van der Waals surface area contributed by atoms with E-state index in [0.29, 0.717) is 18.1 Å². The molecule has 7 nitrogen and oxygen atoms in total. The maximum Gasteiger partial charge on any atom is 0.335 e. The van der Waals surface area contributed by atoms with Crippen LogP contribution < -0.4 is 5.69 Å². The number of nitrogens with zero attached hydrogens (tertiary/aromatic N) is 3. The van der Waals surface area contributed by atoms with E-state index in [4.69, 9.17) is 0 Å². The molecule has 2 N–H and O–H groups in total. The minimum atomic E-state index is -1.03. The first-order valence-corrected chi connectivity index (χ1v) is 8.38. The number of hydrogen-bond acceptors (Lipinski definition) is 4. The van der Waals surface area contributed by atoms with Crippen LogP contribution in [0, 0.1) is 0 Å². The maximum atomic E-state index is 12.8. The van der Waals surface area contributed by atoms with Crippen molar-refractivity contribution in [3.63, 3.8) is 0 Å². The van der Waals surface area contributed by atoms with Gasteiger partial charge in [0.25, 0.3) is 0 Å². The lowest BCUT2D eigenvalue weighted by Gasteiger charge is -2.22.